The van der Waals surface area contributed by atoms with Crippen LogP contribution in [0.15, 0.2) is 9.95 Å². The van der Waals surface area contributed by atoms with Crippen LogP contribution in [0.4, 0.5) is 0 Å². The summed E-state index contributed by atoms with van der Waals surface area (Å²) in [4.78, 5) is 25.0. The molecule has 2 heterocycles. The van der Waals surface area contributed by atoms with Crippen LogP contribution in [-0.2, 0) is 11.8 Å². The molecule has 0 unspecified atom stereocenters. The highest BCUT2D eigenvalue weighted by Gasteiger charge is 2.16. The summed E-state index contributed by atoms with van der Waals surface area (Å²) in [5.74, 6) is 0.414. The van der Waals surface area contributed by atoms with Crippen LogP contribution in [-0.4, -0.2) is 57.5 Å². The van der Waals surface area contributed by atoms with E-state index >= 15 is 0 Å². The quantitative estimate of drug-likeness (QED) is 0.691. The topological polar surface area (TPSA) is 83.0 Å². The highest BCUT2D eigenvalue weighted by Crippen LogP contribution is 2.13. The molecule has 1 aliphatic heterocycles. The van der Waals surface area contributed by atoms with Gasteiger partial charge in [0.15, 0.2) is 5.16 Å². The van der Waals surface area contributed by atoms with Crippen LogP contribution in [0.3, 0.4) is 0 Å². The Kier molecular flexibility index (Phi) is 4.43. The Morgan fingerprint density at radius 3 is 3.00 bits per heavy atom. The van der Waals surface area contributed by atoms with Crippen molar-refractivity contribution < 1.29 is 4.79 Å². The van der Waals surface area contributed by atoms with E-state index in [1.54, 1.807) is 7.05 Å². The molecule has 1 amide bonds. The first-order valence-electron chi connectivity index (χ1n) is 5.91. The summed E-state index contributed by atoms with van der Waals surface area (Å²) in [6.45, 7) is 3.35. The van der Waals surface area contributed by atoms with Crippen LogP contribution in [0.2, 0.25) is 0 Å². The molecule has 1 aromatic rings. The summed E-state index contributed by atoms with van der Waals surface area (Å²) in [6, 6.07) is 0. The zero-order chi connectivity index (χ0) is 13.0. The standard InChI is InChI=1S/C10H17N5O2S/c1-14-9(17)12-13-10(14)18-7-8(16)15-5-2-3-11-4-6-15/h11H,2-7H2,1H3,(H,12,17). The number of hydrogen-bond acceptors (Lipinski definition) is 5. The van der Waals surface area contributed by atoms with Crippen molar-refractivity contribution in [2.45, 2.75) is 11.6 Å². The van der Waals surface area contributed by atoms with Crippen LogP contribution in [0.1, 0.15) is 6.42 Å². The first-order valence-corrected chi connectivity index (χ1v) is 6.90. The molecule has 1 aliphatic rings. The molecule has 0 bridgehead atoms. The van der Waals surface area contributed by atoms with Crippen molar-refractivity contribution in [1.29, 1.82) is 0 Å². The van der Waals surface area contributed by atoms with Crippen molar-refractivity contribution in [2.24, 2.45) is 7.05 Å². The third kappa shape index (κ3) is 3.14. The Labute approximate surface area is 109 Å². The van der Waals surface area contributed by atoms with E-state index in [-0.39, 0.29) is 11.6 Å². The van der Waals surface area contributed by atoms with Gasteiger partial charge in [-0.05, 0) is 13.0 Å². The normalized spacial score (nSPS) is 16.6. The van der Waals surface area contributed by atoms with Gasteiger partial charge in [0.25, 0.3) is 0 Å². The first-order chi connectivity index (χ1) is 8.68. The Bertz CT molecular complexity index is 461. The van der Waals surface area contributed by atoms with Gasteiger partial charge in [-0.1, -0.05) is 11.8 Å². The molecule has 1 saturated heterocycles. The van der Waals surface area contributed by atoms with E-state index in [2.05, 4.69) is 15.5 Å². The number of nitrogens with zero attached hydrogens (tertiary/aromatic N) is 3. The second-order valence-electron chi connectivity index (χ2n) is 4.14. The van der Waals surface area contributed by atoms with Gasteiger partial charge in [-0.15, -0.1) is 5.10 Å². The van der Waals surface area contributed by atoms with Gasteiger partial charge < -0.3 is 10.2 Å². The number of hydrogen-bond donors (Lipinski definition) is 2. The lowest BCUT2D eigenvalue weighted by Crippen LogP contribution is -2.35. The molecular weight excluding hydrogens is 254 g/mol. The van der Waals surface area contributed by atoms with Gasteiger partial charge in [-0.25, -0.2) is 9.89 Å². The fraction of sp³-hybridized carbons (Fsp3) is 0.700. The van der Waals surface area contributed by atoms with Gasteiger partial charge >= 0.3 is 5.69 Å². The molecule has 0 atom stereocenters. The maximum absolute atomic E-state index is 12.0. The van der Waals surface area contributed by atoms with E-state index in [0.29, 0.717) is 10.9 Å². The van der Waals surface area contributed by atoms with Crippen LogP contribution in [0, 0.1) is 0 Å². The third-order valence-electron chi connectivity index (χ3n) is 2.86. The fourth-order valence-electron chi connectivity index (χ4n) is 1.77. The first kappa shape index (κ1) is 13.2. The van der Waals surface area contributed by atoms with Gasteiger partial charge in [0.1, 0.15) is 0 Å². The average molecular weight is 271 g/mol. The van der Waals surface area contributed by atoms with Crippen LogP contribution in [0.25, 0.3) is 0 Å². The number of nitrogens with one attached hydrogen (secondary N) is 2. The Balaban J connectivity index is 1.87. The Hall–Kier alpha value is -1.28. The number of aromatic amines is 1. The SMILES string of the molecule is Cn1c(SCC(=O)N2CCCNCC2)n[nH]c1=O. The van der Waals surface area contributed by atoms with Gasteiger partial charge in [0.05, 0.1) is 5.75 Å². The second kappa shape index (κ2) is 6.05. The zero-order valence-electron chi connectivity index (χ0n) is 10.3. The van der Waals surface area contributed by atoms with Crippen LogP contribution in [0.5, 0.6) is 0 Å². The lowest BCUT2D eigenvalue weighted by Gasteiger charge is -2.19. The second-order valence-corrected chi connectivity index (χ2v) is 5.09. The number of rotatable bonds is 3. The lowest BCUT2D eigenvalue weighted by atomic mass is 10.4. The molecule has 0 aliphatic carbocycles. The van der Waals surface area contributed by atoms with Crippen molar-refractivity contribution in [2.75, 3.05) is 31.9 Å². The minimum Gasteiger partial charge on any atom is -0.341 e. The summed E-state index contributed by atoms with van der Waals surface area (Å²) in [7, 11) is 1.63. The van der Waals surface area contributed by atoms with Crippen LogP contribution >= 0.6 is 11.8 Å². The third-order valence-corrected chi connectivity index (χ3v) is 3.87. The highest BCUT2D eigenvalue weighted by molar-refractivity contribution is 7.99. The van der Waals surface area contributed by atoms with E-state index in [1.165, 1.54) is 16.3 Å². The molecule has 8 heteroatoms. The number of amides is 1. The summed E-state index contributed by atoms with van der Waals surface area (Å²) < 4.78 is 1.40. The van der Waals surface area contributed by atoms with Gasteiger partial charge in [0.2, 0.25) is 5.91 Å². The number of H-pyrrole nitrogens is 1. The molecule has 7 nitrogen and oxygen atoms in total. The monoisotopic (exact) mass is 271 g/mol. The van der Waals surface area contributed by atoms with Gasteiger partial charge in [0, 0.05) is 26.7 Å². The molecule has 0 saturated carbocycles. The Morgan fingerprint density at radius 1 is 1.44 bits per heavy atom. The van der Waals surface area contributed by atoms with Gasteiger partial charge in [-0.3, -0.25) is 9.36 Å². The molecule has 0 radical (unpaired) electrons. The van der Waals surface area contributed by atoms with Crippen molar-refractivity contribution >= 4 is 17.7 Å². The molecule has 2 N–H and O–H groups in total. The summed E-state index contributed by atoms with van der Waals surface area (Å²) in [5, 5.41) is 10.0. The number of aromatic nitrogens is 3. The lowest BCUT2D eigenvalue weighted by molar-refractivity contribution is -0.128. The predicted molar refractivity (Wildman–Crippen MR) is 68.6 cm³/mol. The van der Waals surface area contributed by atoms with Crippen molar-refractivity contribution in [3.05, 3.63) is 10.5 Å². The van der Waals surface area contributed by atoms with E-state index in [0.717, 1.165) is 32.6 Å². The van der Waals surface area contributed by atoms with E-state index in [1.807, 2.05) is 4.90 Å². The maximum Gasteiger partial charge on any atom is 0.343 e. The smallest absolute Gasteiger partial charge is 0.341 e. The molecule has 0 spiro atoms. The van der Waals surface area contributed by atoms with Crippen molar-refractivity contribution in [3.63, 3.8) is 0 Å². The van der Waals surface area contributed by atoms with Crippen molar-refractivity contribution in [1.82, 2.24) is 25.0 Å². The van der Waals surface area contributed by atoms with Crippen LogP contribution < -0.4 is 11.0 Å². The fourth-order valence-corrected chi connectivity index (χ4v) is 2.60. The number of carbonyl (C=O) groups excluding carboxylic acids is 1. The van der Waals surface area contributed by atoms with Gasteiger partial charge in [-0.2, -0.15) is 0 Å². The minimum atomic E-state index is -0.260. The zero-order valence-corrected chi connectivity index (χ0v) is 11.1. The molecule has 0 aromatic carbocycles. The maximum atomic E-state index is 12.0. The van der Waals surface area contributed by atoms with E-state index in [4.69, 9.17) is 0 Å². The number of thioether (sulfide) groups is 1. The molecular formula is C10H17N5O2S. The predicted octanol–water partition coefficient (Wildman–Crippen LogP) is -0.978. The number of carbonyl (C=O) groups is 1. The van der Waals surface area contributed by atoms with Crippen molar-refractivity contribution in [3.8, 4) is 0 Å². The summed E-state index contributed by atoms with van der Waals surface area (Å²) in [6.07, 6.45) is 0.983. The largest absolute Gasteiger partial charge is 0.343 e. The minimum absolute atomic E-state index is 0.0964. The molecule has 18 heavy (non-hydrogen) atoms. The average Bonchev–Trinajstić information content (AvgIpc) is 2.63. The Morgan fingerprint density at radius 2 is 2.28 bits per heavy atom. The molecule has 1 aromatic heterocycles. The summed E-state index contributed by atoms with van der Waals surface area (Å²) >= 11 is 1.29. The molecule has 100 valence electrons. The van der Waals surface area contributed by atoms with E-state index in [9.17, 15) is 9.59 Å². The molecule has 2 rings (SSSR count). The van der Waals surface area contributed by atoms with E-state index < -0.39 is 0 Å². The highest BCUT2D eigenvalue weighted by atomic mass is 32.2. The molecule has 1 fully saturated rings. The summed E-state index contributed by atoms with van der Waals surface area (Å²) in [5.41, 5.74) is -0.260.